The lowest BCUT2D eigenvalue weighted by molar-refractivity contribution is 0.0148. The predicted molar refractivity (Wildman–Crippen MR) is 124 cm³/mol. The number of ether oxygens (including phenoxy) is 1. The Labute approximate surface area is 183 Å². The van der Waals surface area contributed by atoms with Crippen molar-refractivity contribution in [2.24, 2.45) is 0 Å². The zero-order valence-electron chi connectivity index (χ0n) is 18.3. The highest BCUT2D eigenvalue weighted by Gasteiger charge is 2.25. The third-order valence-electron chi connectivity index (χ3n) is 6.58. The molecule has 1 aromatic heterocycles. The molecule has 0 bridgehead atoms. The first-order chi connectivity index (χ1) is 15.1. The number of fused-ring (bicyclic) bond motifs is 2. The van der Waals surface area contributed by atoms with Gasteiger partial charge in [0, 0.05) is 44.5 Å². The topological polar surface area (TPSA) is 50.6 Å². The Morgan fingerprint density at radius 1 is 1.10 bits per heavy atom. The van der Waals surface area contributed by atoms with Gasteiger partial charge in [-0.25, -0.2) is 4.98 Å². The number of rotatable bonds is 4. The van der Waals surface area contributed by atoms with Crippen LogP contribution in [0.5, 0.6) is 0 Å². The lowest BCUT2D eigenvalue weighted by Gasteiger charge is -2.38. The SMILES string of the molecule is CC(C)n1cnc2cc(N3CCN(CC4OCCc5ccccc54)CC3)ccc2c1=O. The maximum Gasteiger partial charge on any atom is 0.261 e. The summed E-state index contributed by atoms with van der Waals surface area (Å²) in [6, 6.07) is 14.8. The maximum atomic E-state index is 12.7. The number of piperazine rings is 1. The molecule has 0 spiro atoms. The van der Waals surface area contributed by atoms with Crippen molar-refractivity contribution in [3.63, 3.8) is 0 Å². The van der Waals surface area contributed by atoms with Gasteiger partial charge in [0.2, 0.25) is 0 Å². The minimum absolute atomic E-state index is 0.0316. The molecule has 6 nitrogen and oxygen atoms in total. The summed E-state index contributed by atoms with van der Waals surface area (Å²) in [6.45, 7) is 9.68. The van der Waals surface area contributed by atoms with Crippen LogP contribution in [-0.4, -0.2) is 53.8 Å². The standard InChI is InChI=1S/C25H30N4O2/c1-18(2)29-17-26-23-15-20(7-8-22(23)25(29)30)28-12-10-27(11-13-28)16-24-21-6-4-3-5-19(21)9-14-31-24/h3-8,15,17-18,24H,9-14,16H2,1-2H3. The molecular weight excluding hydrogens is 388 g/mol. The third kappa shape index (κ3) is 3.98. The first kappa shape index (κ1) is 20.2. The van der Waals surface area contributed by atoms with Crippen molar-refractivity contribution in [3.05, 3.63) is 70.3 Å². The average molecular weight is 419 g/mol. The number of hydrogen-bond donors (Lipinski definition) is 0. The van der Waals surface area contributed by atoms with Crippen LogP contribution < -0.4 is 10.5 Å². The Bertz CT molecular complexity index is 1130. The number of nitrogens with zero attached hydrogens (tertiary/aromatic N) is 4. The molecule has 31 heavy (non-hydrogen) atoms. The molecule has 162 valence electrons. The molecule has 3 aromatic rings. The van der Waals surface area contributed by atoms with Gasteiger partial charge in [0.15, 0.2) is 0 Å². The molecule has 3 heterocycles. The molecule has 0 amide bonds. The highest BCUT2D eigenvalue weighted by atomic mass is 16.5. The van der Waals surface area contributed by atoms with Crippen LogP contribution in [0.3, 0.4) is 0 Å². The molecule has 5 rings (SSSR count). The second-order valence-corrected chi connectivity index (χ2v) is 8.85. The first-order valence-electron chi connectivity index (χ1n) is 11.3. The van der Waals surface area contributed by atoms with E-state index in [1.54, 1.807) is 10.9 Å². The van der Waals surface area contributed by atoms with Gasteiger partial charge in [-0.2, -0.15) is 0 Å². The average Bonchev–Trinajstić information content (AvgIpc) is 2.79. The van der Waals surface area contributed by atoms with Crippen LogP contribution in [0.15, 0.2) is 53.6 Å². The highest BCUT2D eigenvalue weighted by molar-refractivity contribution is 5.81. The molecule has 6 heteroatoms. The van der Waals surface area contributed by atoms with Crippen molar-refractivity contribution < 1.29 is 4.74 Å². The molecule has 0 aliphatic carbocycles. The third-order valence-corrected chi connectivity index (χ3v) is 6.58. The summed E-state index contributed by atoms with van der Waals surface area (Å²) in [4.78, 5) is 22.1. The smallest absolute Gasteiger partial charge is 0.261 e. The van der Waals surface area contributed by atoms with Crippen molar-refractivity contribution in [1.29, 1.82) is 0 Å². The summed E-state index contributed by atoms with van der Waals surface area (Å²) in [5.74, 6) is 0. The quantitative estimate of drug-likeness (QED) is 0.650. The second kappa shape index (κ2) is 8.44. The van der Waals surface area contributed by atoms with E-state index < -0.39 is 0 Å². The van der Waals surface area contributed by atoms with Gasteiger partial charge >= 0.3 is 0 Å². The Hall–Kier alpha value is -2.70. The van der Waals surface area contributed by atoms with Crippen LogP contribution in [0.1, 0.15) is 37.1 Å². The molecule has 2 aliphatic rings. The zero-order chi connectivity index (χ0) is 21.4. The fourth-order valence-electron chi connectivity index (χ4n) is 4.74. The van der Waals surface area contributed by atoms with Gasteiger partial charge in [0.05, 0.1) is 29.9 Å². The zero-order valence-corrected chi connectivity index (χ0v) is 18.3. The number of aromatic nitrogens is 2. The molecule has 1 unspecified atom stereocenters. The lowest BCUT2D eigenvalue weighted by atomic mass is 9.97. The molecule has 2 aliphatic heterocycles. The summed E-state index contributed by atoms with van der Waals surface area (Å²) >= 11 is 0. The monoisotopic (exact) mass is 418 g/mol. The van der Waals surface area contributed by atoms with E-state index in [1.165, 1.54) is 11.1 Å². The summed E-state index contributed by atoms with van der Waals surface area (Å²) < 4.78 is 7.80. The molecule has 2 aromatic carbocycles. The van der Waals surface area contributed by atoms with Crippen molar-refractivity contribution in [2.45, 2.75) is 32.4 Å². The fraction of sp³-hybridized carbons (Fsp3) is 0.440. The summed E-state index contributed by atoms with van der Waals surface area (Å²) in [5.41, 5.74) is 4.72. The van der Waals surface area contributed by atoms with E-state index in [9.17, 15) is 4.79 Å². The Kier molecular flexibility index (Phi) is 5.50. The summed E-state index contributed by atoms with van der Waals surface area (Å²) in [6.07, 6.45) is 2.85. The molecule has 1 fully saturated rings. The van der Waals surface area contributed by atoms with Crippen LogP contribution in [0.4, 0.5) is 5.69 Å². The molecule has 0 N–H and O–H groups in total. The minimum atomic E-state index is 0.0316. The van der Waals surface area contributed by atoms with Crippen molar-refractivity contribution in [2.75, 3.05) is 44.2 Å². The van der Waals surface area contributed by atoms with Crippen LogP contribution >= 0.6 is 0 Å². The molecular formula is C25H30N4O2. The van der Waals surface area contributed by atoms with Crippen molar-refractivity contribution >= 4 is 16.6 Å². The van der Waals surface area contributed by atoms with Gasteiger partial charge in [0.1, 0.15) is 0 Å². The molecule has 1 atom stereocenters. The lowest BCUT2D eigenvalue weighted by Crippen LogP contribution is -2.48. The Morgan fingerprint density at radius 2 is 1.90 bits per heavy atom. The normalized spacial score (nSPS) is 19.7. The maximum absolute atomic E-state index is 12.7. The largest absolute Gasteiger partial charge is 0.372 e. The van der Waals surface area contributed by atoms with E-state index in [-0.39, 0.29) is 17.7 Å². The van der Waals surface area contributed by atoms with E-state index in [4.69, 9.17) is 4.74 Å². The van der Waals surface area contributed by atoms with Crippen molar-refractivity contribution in [3.8, 4) is 0 Å². The van der Waals surface area contributed by atoms with Gasteiger partial charge in [-0.3, -0.25) is 14.3 Å². The first-order valence-corrected chi connectivity index (χ1v) is 11.3. The van der Waals surface area contributed by atoms with E-state index in [0.717, 1.165) is 57.0 Å². The fourth-order valence-corrected chi connectivity index (χ4v) is 4.74. The van der Waals surface area contributed by atoms with E-state index >= 15 is 0 Å². The van der Waals surface area contributed by atoms with E-state index in [2.05, 4.69) is 51.2 Å². The van der Waals surface area contributed by atoms with Gasteiger partial charge < -0.3 is 9.64 Å². The molecule has 0 saturated carbocycles. The number of benzene rings is 2. The molecule has 1 saturated heterocycles. The van der Waals surface area contributed by atoms with Gasteiger partial charge in [-0.15, -0.1) is 0 Å². The summed E-state index contributed by atoms with van der Waals surface area (Å²) in [7, 11) is 0. The second-order valence-electron chi connectivity index (χ2n) is 8.85. The van der Waals surface area contributed by atoms with Gasteiger partial charge in [0.25, 0.3) is 5.56 Å². The number of hydrogen-bond acceptors (Lipinski definition) is 5. The summed E-state index contributed by atoms with van der Waals surface area (Å²) in [5, 5.41) is 0.687. The van der Waals surface area contributed by atoms with Gasteiger partial charge in [-0.05, 0) is 49.6 Å². The van der Waals surface area contributed by atoms with Crippen LogP contribution in [0, 0.1) is 0 Å². The Morgan fingerprint density at radius 3 is 2.71 bits per heavy atom. The van der Waals surface area contributed by atoms with E-state index in [1.807, 2.05) is 19.9 Å². The van der Waals surface area contributed by atoms with Crippen LogP contribution in [0.2, 0.25) is 0 Å². The predicted octanol–water partition coefficient (Wildman–Crippen LogP) is 3.41. The Balaban J connectivity index is 1.26. The van der Waals surface area contributed by atoms with Crippen LogP contribution in [0.25, 0.3) is 10.9 Å². The van der Waals surface area contributed by atoms with Gasteiger partial charge in [-0.1, -0.05) is 24.3 Å². The van der Waals surface area contributed by atoms with E-state index in [0.29, 0.717) is 5.39 Å². The molecule has 0 radical (unpaired) electrons. The van der Waals surface area contributed by atoms with Crippen molar-refractivity contribution in [1.82, 2.24) is 14.5 Å². The minimum Gasteiger partial charge on any atom is -0.372 e. The highest BCUT2D eigenvalue weighted by Crippen LogP contribution is 2.28. The van der Waals surface area contributed by atoms with Crippen LogP contribution in [-0.2, 0) is 11.2 Å². The number of anilines is 1.